The average Bonchev–Trinajstić information content (AvgIpc) is 2.46. The number of methoxy groups -OCH3 is 2. The third kappa shape index (κ3) is 2.77. The summed E-state index contributed by atoms with van der Waals surface area (Å²) in [6.45, 7) is 0. The van der Waals surface area contributed by atoms with E-state index in [4.69, 9.17) is 9.47 Å². The van der Waals surface area contributed by atoms with Crippen molar-refractivity contribution in [2.45, 2.75) is 4.90 Å². The van der Waals surface area contributed by atoms with E-state index in [0.717, 1.165) is 11.1 Å². The van der Waals surface area contributed by atoms with Crippen LogP contribution in [0.3, 0.4) is 0 Å². The largest absolute Gasteiger partial charge is 0.768 e. The van der Waals surface area contributed by atoms with E-state index in [1.165, 1.54) is 0 Å². The van der Waals surface area contributed by atoms with Gasteiger partial charge in [0.15, 0.2) is 0 Å². The summed E-state index contributed by atoms with van der Waals surface area (Å²) in [5, 5.41) is 0. The van der Waals surface area contributed by atoms with Gasteiger partial charge in [-0.05, 0) is 40.9 Å². The van der Waals surface area contributed by atoms with Crippen molar-refractivity contribution in [2.24, 2.45) is 0 Å². The van der Waals surface area contributed by atoms with Gasteiger partial charge in [-0.3, -0.25) is 4.21 Å². The number of hydrogen-bond donors (Lipinski definition) is 0. The number of rotatable bonds is 4. The number of hydrogen-bond acceptors (Lipinski definition) is 4. The Balaban J connectivity index is 2.54. The zero-order valence-corrected chi connectivity index (χ0v) is 11.4. The zero-order chi connectivity index (χ0) is 13.8. The summed E-state index contributed by atoms with van der Waals surface area (Å²) in [6, 6.07) is 12.0. The molecule has 0 radical (unpaired) electrons. The van der Waals surface area contributed by atoms with Gasteiger partial charge in [0, 0.05) is 4.90 Å². The third-order valence-electron chi connectivity index (χ3n) is 2.76. The van der Waals surface area contributed by atoms with E-state index in [-0.39, 0.29) is 4.90 Å². The lowest BCUT2D eigenvalue weighted by Crippen LogP contribution is -1.93. The molecule has 0 amide bonds. The summed E-state index contributed by atoms with van der Waals surface area (Å²) in [5.74, 6) is 1.35. The van der Waals surface area contributed by atoms with E-state index in [9.17, 15) is 8.76 Å². The summed E-state index contributed by atoms with van der Waals surface area (Å²) < 4.78 is 32.3. The van der Waals surface area contributed by atoms with E-state index < -0.39 is 11.1 Å². The Labute approximate surface area is 114 Å². The van der Waals surface area contributed by atoms with Gasteiger partial charge in [-0.1, -0.05) is 18.2 Å². The minimum absolute atomic E-state index is 0.248. The van der Waals surface area contributed by atoms with Crippen LogP contribution in [0, 0.1) is 0 Å². The molecule has 2 aromatic rings. The Morgan fingerprint density at radius 3 is 1.89 bits per heavy atom. The summed E-state index contributed by atoms with van der Waals surface area (Å²) in [4.78, 5) is 0.248. The first-order valence-electron chi connectivity index (χ1n) is 5.58. The molecular weight excluding hydrogens is 264 g/mol. The molecule has 19 heavy (non-hydrogen) atoms. The lowest BCUT2D eigenvalue weighted by molar-refractivity contribution is 0.397. The molecule has 0 saturated heterocycles. The van der Waals surface area contributed by atoms with Crippen LogP contribution in [-0.2, 0) is 11.1 Å². The summed E-state index contributed by atoms with van der Waals surface area (Å²) in [6.07, 6.45) is 0. The van der Waals surface area contributed by atoms with Crippen molar-refractivity contribution in [3.05, 3.63) is 42.5 Å². The van der Waals surface area contributed by atoms with Gasteiger partial charge < -0.3 is 14.0 Å². The topological polar surface area (TPSA) is 58.6 Å². The van der Waals surface area contributed by atoms with Crippen molar-refractivity contribution in [1.29, 1.82) is 0 Å². The highest BCUT2D eigenvalue weighted by Crippen LogP contribution is 2.38. The number of ether oxygens (including phenoxy) is 2. The lowest BCUT2D eigenvalue weighted by atomic mass is 10.0. The van der Waals surface area contributed by atoms with Crippen LogP contribution in [0.25, 0.3) is 11.1 Å². The molecule has 1 atom stereocenters. The van der Waals surface area contributed by atoms with Gasteiger partial charge in [0.25, 0.3) is 0 Å². The lowest BCUT2D eigenvalue weighted by Gasteiger charge is -2.14. The molecule has 100 valence electrons. The second-order valence-corrected chi connectivity index (χ2v) is 4.74. The normalized spacial score (nSPS) is 11.9. The first-order chi connectivity index (χ1) is 9.17. The first-order valence-corrected chi connectivity index (χ1v) is 6.65. The molecule has 5 heteroatoms. The molecule has 4 nitrogen and oxygen atoms in total. The molecule has 0 heterocycles. The molecule has 2 aromatic carbocycles. The smallest absolute Gasteiger partial charge is 0.130 e. The molecule has 0 aliphatic rings. The average molecular weight is 277 g/mol. The van der Waals surface area contributed by atoms with Crippen molar-refractivity contribution in [2.75, 3.05) is 14.2 Å². The molecule has 0 spiro atoms. The maximum atomic E-state index is 10.8. The van der Waals surface area contributed by atoms with Gasteiger partial charge >= 0.3 is 0 Å². The molecule has 0 bridgehead atoms. The van der Waals surface area contributed by atoms with Gasteiger partial charge in [0.1, 0.15) is 11.5 Å². The Hall–Kier alpha value is -1.85. The number of benzene rings is 2. The van der Waals surface area contributed by atoms with E-state index in [1.807, 2.05) is 18.2 Å². The van der Waals surface area contributed by atoms with E-state index in [2.05, 4.69) is 0 Å². The molecule has 0 saturated carbocycles. The fourth-order valence-electron chi connectivity index (χ4n) is 1.87. The molecule has 0 aliphatic heterocycles. The fourth-order valence-corrected chi connectivity index (χ4v) is 2.23. The second kappa shape index (κ2) is 5.86. The van der Waals surface area contributed by atoms with Crippen molar-refractivity contribution in [3.63, 3.8) is 0 Å². The maximum Gasteiger partial charge on any atom is 0.130 e. The zero-order valence-electron chi connectivity index (χ0n) is 10.6. The highest BCUT2D eigenvalue weighted by atomic mass is 32.2. The monoisotopic (exact) mass is 277 g/mol. The summed E-state index contributed by atoms with van der Waals surface area (Å²) in [7, 11) is 3.17. The molecule has 1 unspecified atom stereocenters. The van der Waals surface area contributed by atoms with Crippen LogP contribution >= 0.6 is 0 Å². The van der Waals surface area contributed by atoms with Crippen LogP contribution in [-0.4, -0.2) is 23.0 Å². The highest BCUT2D eigenvalue weighted by Gasteiger charge is 2.11. The van der Waals surface area contributed by atoms with Crippen molar-refractivity contribution in [3.8, 4) is 22.6 Å². The van der Waals surface area contributed by atoms with Crippen molar-refractivity contribution in [1.82, 2.24) is 0 Å². The van der Waals surface area contributed by atoms with Crippen molar-refractivity contribution >= 4 is 11.1 Å². The second-order valence-electron chi connectivity index (χ2n) is 3.80. The van der Waals surface area contributed by atoms with Gasteiger partial charge in [-0.2, -0.15) is 0 Å². The highest BCUT2D eigenvalue weighted by molar-refractivity contribution is 7.79. The standard InChI is InChI=1S/C14H14O4S/c1-17-12-4-3-5-13(18-2)14(12)10-6-8-11(9-7-10)19(15)16/h3-9H,1-2H3,(H,15,16)/p-1. The van der Waals surface area contributed by atoms with E-state index in [0.29, 0.717) is 11.5 Å². The van der Waals surface area contributed by atoms with Crippen LogP contribution in [0.15, 0.2) is 47.4 Å². The summed E-state index contributed by atoms with van der Waals surface area (Å²) in [5.41, 5.74) is 1.64. The minimum atomic E-state index is -2.22. The fraction of sp³-hybridized carbons (Fsp3) is 0.143. The van der Waals surface area contributed by atoms with Crippen LogP contribution in [0.2, 0.25) is 0 Å². The third-order valence-corrected chi connectivity index (χ3v) is 3.42. The SMILES string of the molecule is COc1cccc(OC)c1-c1ccc(S(=O)[O-])cc1. The van der Waals surface area contributed by atoms with Crippen LogP contribution in [0.4, 0.5) is 0 Å². The molecule has 0 N–H and O–H groups in total. The van der Waals surface area contributed by atoms with Crippen LogP contribution in [0.5, 0.6) is 11.5 Å². The Kier molecular flexibility index (Phi) is 4.19. The van der Waals surface area contributed by atoms with Crippen LogP contribution in [0.1, 0.15) is 0 Å². The maximum absolute atomic E-state index is 10.8. The van der Waals surface area contributed by atoms with E-state index >= 15 is 0 Å². The van der Waals surface area contributed by atoms with Crippen LogP contribution < -0.4 is 9.47 Å². The molecular formula is C14H13O4S-. The van der Waals surface area contributed by atoms with Crippen molar-refractivity contribution < 1.29 is 18.2 Å². The van der Waals surface area contributed by atoms with Gasteiger partial charge in [0.05, 0.1) is 19.8 Å². The van der Waals surface area contributed by atoms with Gasteiger partial charge in [-0.25, -0.2) is 0 Å². The quantitative estimate of drug-likeness (QED) is 0.806. The summed E-state index contributed by atoms with van der Waals surface area (Å²) >= 11 is -2.22. The Morgan fingerprint density at radius 2 is 1.47 bits per heavy atom. The Bertz CT molecular complexity index is 571. The molecule has 0 fully saturated rings. The molecule has 2 rings (SSSR count). The van der Waals surface area contributed by atoms with Gasteiger partial charge in [-0.15, -0.1) is 0 Å². The van der Waals surface area contributed by atoms with Gasteiger partial charge in [0.2, 0.25) is 0 Å². The molecule has 0 aromatic heterocycles. The predicted molar refractivity (Wildman–Crippen MR) is 72.2 cm³/mol. The minimum Gasteiger partial charge on any atom is -0.768 e. The van der Waals surface area contributed by atoms with E-state index in [1.54, 1.807) is 38.5 Å². The first kappa shape index (κ1) is 13.6. The molecule has 0 aliphatic carbocycles. The Morgan fingerprint density at radius 1 is 0.947 bits per heavy atom. The predicted octanol–water partition coefficient (Wildman–Crippen LogP) is 2.61.